The predicted octanol–water partition coefficient (Wildman–Crippen LogP) is 3.13. The summed E-state index contributed by atoms with van der Waals surface area (Å²) in [5.74, 6) is -0.0944. The number of ether oxygens (including phenoxy) is 2. The van der Waals surface area contributed by atoms with Crippen molar-refractivity contribution in [2.45, 2.75) is 38.6 Å². The topological polar surface area (TPSA) is 54.9 Å². The third-order valence-corrected chi connectivity index (χ3v) is 7.02. The zero-order valence-corrected chi connectivity index (χ0v) is 17.7. The number of carbonyl (C=O) groups is 1. The predicted molar refractivity (Wildman–Crippen MR) is 109 cm³/mol. The molecule has 2 saturated heterocycles. The van der Waals surface area contributed by atoms with Crippen LogP contribution in [0.1, 0.15) is 32.6 Å². The van der Waals surface area contributed by atoms with Crippen LogP contribution in [0.5, 0.6) is 0 Å². The number of esters is 1. The van der Waals surface area contributed by atoms with Crippen LogP contribution in [-0.2, 0) is 14.3 Å². The minimum Gasteiger partial charge on any atom is -0.466 e. The molecule has 0 unspecified atom stereocenters. The second-order valence-corrected chi connectivity index (χ2v) is 8.76. The maximum absolute atomic E-state index is 14.5. The molecule has 4 rings (SSSR count). The van der Waals surface area contributed by atoms with Gasteiger partial charge in [-0.25, -0.2) is 9.37 Å². The van der Waals surface area contributed by atoms with Crippen molar-refractivity contribution in [2.24, 2.45) is 11.3 Å². The van der Waals surface area contributed by atoms with Crippen LogP contribution in [0.2, 0.25) is 5.02 Å². The summed E-state index contributed by atoms with van der Waals surface area (Å²) in [6.07, 6.45) is 4.95. The quantitative estimate of drug-likeness (QED) is 0.691. The van der Waals surface area contributed by atoms with Gasteiger partial charge in [0.25, 0.3) is 0 Å². The number of nitrogens with zero attached hydrogens (tertiary/aromatic N) is 3. The molecular formula is C21H29ClFN3O3. The summed E-state index contributed by atoms with van der Waals surface area (Å²) < 4.78 is 25.5. The highest BCUT2D eigenvalue weighted by atomic mass is 35.5. The molecule has 8 heteroatoms. The number of halogens is 2. The number of anilines is 1. The van der Waals surface area contributed by atoms with Crippen molar-refractivity contribution in [1.29, 1.82) is 0 Å². The molecule has 160 valence electrons. The average molecular weight is 426 g/mol. The van der Waals surface area contributed by atoms with Crippen LogP contribution in [0, 0.1) is 17.2 Å². The maximum Gasteiger partial charge on any atom is 0.314 e. The molecule has 0 radical (unpaired) electrons. The molecule has 3 aliphatic rings. The number of morpholine rings is 1. The number of pyridine rings is 1. The zero-order valence-electron chi connectivity index (χ0n) is 16.9. The van der Waals surface area contributed by atoms with E-state index >= 15 is 0 Å². The molecular weight excluding hydrogens is 397 g/mol. The summed E-state index contributed by atoms with van der Waals surface area (Å²) in [4.78, 5) is 21.7. The summed E-state index contributed by atoms with van der Waals surface area (Å²) in [5.41, 5.74) is -0.606. The molecule has 0 amide bonds. The Morgan fingerprint density at radius 3 is 2.90 bits per heavy atom. The molecule has 1 aromatic rings. The van der Waals surface area contributed by atoms with Gasteiger partial charge in [0, 0.05) is 38.4 Å². The van der Waals surface area contributed by atoms with Gasteiger partial charge < -0.3 is 14.4 Å². The Hall–Kier alpha value is -1.44. The summed E-state index contributed by atoms with van der Waals surface area (Å²) in [6, 6.07) is 1.76. The third-order valence-electron chi connectivity index (χ3n) is 6.81. The summed E-state index contributed by atoms with van der Waals surface area (Å²) in [6.45, 7) is 6.77. The molecule has 2 aliphatic heterocycles. The van der Waals surface area contributed by atoms with Crippen molar-refractivity contribution in [3.05, 3.63) is 23.1 Å². The number of fused-ring (bicyclic) bond motifs is 1. The molecule has 29 heavy (non-hydrogen) atoms. The molecule has 1 saturated carbocycles. The highest BCUT2D eigenvalue weighted by Crippen LogP contribution is 2.49. The summed E-state index contributed by atoms with van der Waals surface area (Å²) in [7, 11) is 0. The maximum atomic E-state index is 14.5. The van der Waals surface area contributed by atoms with E-state index in [1.54, 1.807) is 0 Å². The standard InChI is InChI=1S/C21H29ClFN3O3/c1-2-29-20(27)21-5-3-17(25-7-9-28-10-8-25)11-15(21)4-6-26(14-21)19-18(23)12-16(22)13-24-19/h12-13,15,17H,2-11,14H2,1H3/t15-,17-,21-/m1/s1. The Kier molecular flexibility index (Phi) is 6.27. The lowest BCUT2D eigenvalue weighted by atomic mass is 9.61. The Bertz CT molecular complexity index is 746. The SMILES string of the molecule is CCOC(=O)[C@@]12CC[C@@H](N3CCOCC3)C[C@H]1CCN(c1ncc(Cl)cc1F)C2. The molecule has 1 aliphatic carbocycles. The van der Waals surface area contributed by atoms with E-state index in [1.165, 1.54) is 12.3 Å². The van der Waals surface area contributed by atoms with E-state index in [0.717, 1.165) is 52.0 Å². The minimum atomic E-state index is -0.606. The van der Waals surface area contributed by atoms with Crippen molar-refractivity contribution in [3.63, 3.8) is 0 Å². The first-order chi connectivity index (χ1) is 14.0. The van der Waals surface area contributed by atoms with Crippen LogP contribution >= 0.6 is 11.6 Å². The Morgan fingerprint density at radius 1 is 1.38 bits per heavy atom. The molecule has 0 bridgehead atoms. The molecule has 6 nitrogen and oxygen atoms in total. The number of rotatable bonds is 4. The van der Waals surface area contributed by atoms with Crippen LogP contribution in [0.25, 0.3) is 0 Å². The van der Waals surface area contributed by atoms with Gasteiger partial charge in [0.15, 0.2) is 11.6 Å². The van der Waals surface area contributed by atoms with Gasteiger partial charge in [-0.05, 0) is 44.6 Å². The summed E-state index contributed by atoms with van der Waals surface area (Å²) in [5, 5.41) is 0.271. The van der Waals surface area contributed by atoms with E-state index < -0.39 is 11.2 Å². The second-order valence-electron chi connectivity index (χ2n) is 8.32. The lowest BCUT2D eigenvalue weighted by Crippen LogP contribution is -2.59. The number of piperidine rings is 1. The van der Waals surface area contributed by atoms with Crippen molar-refractivity contribution in [1.82, 2.24) is 9.88 Å². The molecule has 3 fully saturated rings. The van der Waals surface area contributed by atoms with Crippen LogP contribution in [0.4, 0.5) is 10.2 Å². The average Bonchev–Trinajstić information content (AvgIpc) is 2.74. The van der Waals surface area contributed by atoms with Crippen LogP contribution in [-0.4, -0.2) is 67.9 Å². The molecule has 1 aromatic heterocycles. The minimum absolute atomic E-state index is 0.149. The van der Waals surface area contributed by atoms with E-state index in [4.69, 9.17) is 21.1 Å². The Morgan fingerprint density at radius 2 is 2.17 bits per heavy atom. The van der Waals surface area contributed by atoms with Crippen molar-refractivity contribution in [3.8, 4) is 0 Å². The van der Waals surface area contributed by atoms with Gasteiger partial charge in [-0.1, -0.05) is 11.6 Å². The number of hydrogen-bond donors (Lipinski definition) is 0. The van der Waals surface area contributed by atoms with E-state index in [-0.39, 0.29) is 22.7 Å². The fraction of sp³-hybridized carbons (Fsp3) is 0.714. The number of carbonyl (C=O) groups excluding carboxylic acids is 1. The molecule has 0 N–H and O–H groups in total. The van der Waals surface area contributed by atoms with Crippen molar-refractivity contribution < 1.29 is 18.7 Å². The van der Waals surface area contributed by atoms with Crippen molar-refractivity contribution >= 4 is 23.4 Å². The van der Waals surface area contributed by atoms with Gasteiger partial charge in [-0.2, -0.15) is 0 Å². The van der Waals surface area contributed by atoms with E-state index in [0.29, 0.717) is 25.7 Å². The lowest BCUT2D eigenvalue weighted by molar-refractivity contribution is -0.164. The molecule has 3 heterocycles. The van der Waals surface area contributed by atoms with Gasteiger partial charge in [0.2, 0.25) is 0 Å². The van der Waals surface area contributed by atoms with Gasteiger partial charge in [0.1, 0.15) is 0 Å². The first-order valence-corrected chi connectivity index (χ1v) is 11.0. The van der Waals surface area contributed by atoms with Gasteiger partial charge in [-0.3, -0.25) is 9.69 Å². The van der Waals surface area contributed by atoms with Gasteiger partial charge >= 0.3 is 5.97 Å². The normalized spacial score (nSPS) is 30.7. The highest BCUT2D eigenvalue weighted by molar-refractivity contribution is 6.30. The Balaban J connectivity index is 1.56. The van der Waals surface area contributed by atoms with Crippen LogP contribution in [0.15, 0.2) is 12.3 Å². The van der Waals surface area contributed by atoms with E-state index in [1.807, 2.05) is 11.8 Å². The molecule has 0 aromatic carbocycles. The van der Waals surface area contributed by atoms with E-state index in [2.05, 4.69) is 9.88 Å². The third kappa shape index (κ3) is 4.09. The Labute approximate surface area is 176 Å². The molecule has 3 atom stereocenters. The largest absolute Gasteiger partial charge is 0.466 e. The van der Waals surface area contributed by atoms with Crippen molar-refractivity contribution in [2.75, 3.05) is 50.9 Å². The summed E-state index contributed by atoms with van der Waals surface area (Å²) >= 11 is 5.87. The van der Waals surface area contributed by atoms with E-state index in [9.17, 15) is 9.18 Å². The van der Waals surface area contributed by atoms with Gasteiger partial charge in [0.05, 0.1) is 30.3 Å². The first-order valence-electron chi connectivity index (χ1n) is 10.6. The fourth-order valence-electron chi connectivity index (χ4n) is 5.34. The lowest BCUT2D eigenvalue weighted by Gasteiger charge is -2.52. The smallest absolute Gasteiger partial charge is 0.314 e. The fourth-order valence-corrected chi connectivity index (χ4v) is 5.48. The van der Waals surface area contributed by atoms with Crippen LogP contribution in [0.3, 0.4) is 0 Å². The van der Waals surface area contributed by atoms with Gasteiger partial charge in [-0.15, -0.1) is 0 Å². The van der Waals surface area contributed by atoms with Crippen LogP contribution < -0.4 is 4.90 Å². The number of aromatic nitrogens is 1. The highest BCUT2D eigenvalue weighted by Gasteiger charge is 2.54. The second kappa shape index (κ2) is 8.74. The zero-order chi connectivity index (χ0) is 20.4. The number of hydrogen-bond acceptors (Lipinski definition) is 6. The monoisotopic (exact) mass is 425 g/mol. The molecule has 0 spiro atoms. The first kappa shape index (κ1) is 20.8.